The highest BCUT2D eigenvalue weighted by molar-refractivity contribution is 9.10. The van der Waals surface area contributed by atoms with Gasteiger partial charge in [0, 0.05) is 4.47 Å². The zero-order valence-electron chi connectivity index (χ0n) is 7.28. The zero-order chi connectivity index (χ0) is 10.6. The zero-order valence-corrected chi connectivity index (χ0v) is 9.62. The number of hydrogen-bond donors (Lipinski definition) is 2. The first-order valence-corrected chi connectivity index (χ1v) is 5.17. The van der Waals surface area contributed by atoms with E-state index in [4.69, 9.17) is 26.6 Å². The van der Waals surface area contributed by atoms with Crippen LogP contribution in [0.25, 0.3) is 0 Å². The van der Waals surface area contributed by atoms with Crippen molar-refractivity contribution in [3.63, 3.8) is 0 Å². The number of hydrogen-bond acceptors (Lipinski definition) is 3. The van der Waals surface area contributed by atoms with E-state index in [1.54, 1.807) is 18.2 Å². The molecule has 3 nitrogen and oxygen atoms in total. The molecule has 5 heteroatoms. The van der Waals surface area contributed by atoms with Crippen LogP contribution in [-0.2, 0) is 0 Å². The van der Waals surface area contributed by atoms with Crippen LogP contribution in [-0.4, -0.2) is 29.5 Å². The number of aliphatic hydroxyl groups excluding tert-OH is 2. The lowest BCUT2D eigenvalue weighted by atomic mass is 10.3. The number of benzene rings is 1. The van der Waals surface area contributed by atoms with E-state index in [0.717, 1.165) is 4.47 Å². The second-order valence-electron chi connectivity index (χ2n) is 2.72. The van der Waals surface area contributed by atoms with E-state index < -0.39 is 6.10 Å². The summed E-state index contributed by atoms with van der Waals surface area (Å²) in [5.41, 5.74) is 0. The summed E-state index contributed by atoms with van der Waals surface area (Å²) in [6.45, 7) is -0.307. The topological polar surface area (TPSA) is 49.7 Å². The van der Waals surface area contributed by atoms with Crippen LogP contribution < -0.4 is 4.74 Å². The van der Waals surface area contributed by atoms with Gasteiger partial charge in [-0.05, 0) is 18.2 Å². The second-order valence-corrected chi connectivity index (χ2v) is 4.05. The Morgan fingerprint density at radius 2 is 2.21 bits per heavy atom. The van der Waals surface area contributed by atoms with Gasteiger partial charge in [0.2, 0.25) is 0 Å². The summed E-state index contributed by atoms with van der Waals surface area (Å²) in [6.07, 6.45) is -0.884. The van der Waals surface area contributed by atoms with Gasteiger partial charge in [0.1, 0.15) is 18.5 Å². The molecule has 0 aliphatic carbocycles. The molecule has 1 aromatic carbocycles. The Morgan fingerprint density at radius 3 is 2.86 bits per heavy atom. The Bertz CT molecular complexity index is 306. The molecule has 0 amide bonds. The summed E-state index contributed by atoms with van der Waals surface area (Å²) < 4.78 is 6.04. The minimum Gasteiger partial charge on any atom is -0.489 e. The number of aliphatic hydroxyl groups is 2. The first-order valence-electron chi connectivity index (χ1n) is 4.00. The third-order valence-corrected chi connectivity index (χ3v) is 2.34. The molecule has 14 heavy (non-hydrogen) atoms. The highest BCUT2D eigenvalue weighted by Gasteiger charge is 2.06. The summed E-state index contributed by atoms with van der Waals surface area (Å²) >= 11 is 9.10. The maximum absolute atomic E-state index is 9.05. The lowest BCUT2D eigenvalue weighted by molar-refractivity contribution is 0.0536. The van der Waals surface area contributed by atoms with Crippen molar-refractivity contribution in [3.05, 3.63) is 27.7 Å². The molecular formula is C9H10BrClO3. The molecule has 0 aliphatic heterocycles. The van der Waals surface area contributed by atoms with E-state index >= 15 is 0 Å². The second kappa shape index (κ2) is 5.56. The van der Waals surface area contributed by atoms with Crippen LogP contribution in [0.2, 0.25) is 5.02 Å². The highest BCUT2D eigenvalue weighted by atomic mass is 79.9. The van der Waals surface area contributed by atoms with Gasteiger partial charge in [0.15, 0.2) is 0 Å². The molecule has 0 aliphatic rings. The van der Waals surface area contributed by atoms with Crippen molar-refractivity contribution in [3.8, 4) is 5.75 Å². The van der Waals surface area contributed by atoms with Gasteiger partial charge in [-0.1, -0.05) is 27.5 Å². The first-order chi connectivity index (χ1) is 6.63. The number of rotatable bonds is 4. The van der Waals surface area contributed by atoms with Gasteiger partial charge in [0.25, 0.3) is 0 Å². The van der Waals surface area contributed by atoms with Crippen molar-refractivity contribution in [1.82, 2.24) is 0 Å². The van der Waals surface area contributed by atoms with Crippen LogP contribution in [0.3, 0.4) is 0 Å². The van der Waals surface area contributed by atoms with E-state index in [1.807, 2.05) is 0 Å². The van der Waals surface area contributed by atoms with Crippen molar-refractivity contribution in [1.29, 1.82) is 0 Å². The number of ether oxygens (including phenoxy) is 1. The van der Waals surface area contributed by atoms with Crippen molar-refractivity contribution >= 4 is 27.5 Å². The largest absolute Gasteiger partial charge is 0.489 e. The fourth-order valence-electron chi connectivity index (χ4n) is 0.826. The first kappa shape index (κ1) is 11.8. The maximum Gasteiger partial charge on any atom is 0.139 e. The minimum absolute atomic E-state index is 0.0205. The molecule has 0 fully saturated rings. The van der Waals surface area contributed by atoms with Gasteiger partial charge >= 0.3 is 0 Å². The molecule has 78 valence electrons. The van der Waals surface area contributed by atoms with Gasteiger partial charge < -0.3 is 14.9 Å². The molecule has 1 atom stereocenters. The average molecular weight is 282 g/mol. The third kappa shape index (κ3) is 3.46. The summed E-state index contributed by atoms with van der Waals surface area (Å²) in [4.78, 5) is 0. The smallest absolute Gasteiger partial charge is 0.139 e. The lowest BCUT2D eigenvalue weighted by Gasteiger charge is -2.11. The third-order valence-electron chi connectivity index (χ3n) is 1.54. The van der Waals surface area contributed by atoms with E-state index in [9.17, 15) is 0 Å². The van der Waals surface area contributed by atoms with Crippen molar-refractivity contribution in [2.75, 3.05) is 13.2 Å². The molecule has 2 N–H and O–H groups in total. The van der Waals surface area contributed by atoms with Gasteiger partial charge in [-0.25, -0.2) is 0 Å². The van der Waals surface area contributed by atoms with E-state index in [1.165, 1.54) is 0 Å². The molecule has 0 radical (unpaired) electrons. The van der Waals surface area contributed by atoms with Crippen molar-refractivity contribution in [2.24, 2.45) is 0 Å². The molecule has 0 heterocycles. The van der Waals surface area contributed by atoms with Gasteiger partial charge in [-0.2, -0.15) is 0 Å². The molecular weight excluding hydrogens is 271 g/mol. The fourth-order valence-corrected chi connectivity index (χ4v) is 1.34. The Balaban J connectivity index is 2.62. The van der Waals surface area contributed by atoms with E-state index in [2.05, 4.69) is 15.9 Å². The highest BCUT2D eigenvalue weighted by Crippen LogP contribution is 2.27. The SMILES string of the molecule is OCC(O)COc1cc(Br)ccc1Cl. The predicted octanol–water partition coefficient (Wildman–Crippen LogP) is 1.83. The molecule has 1 rings (SSSR count). The monoisotopic (exact) mass is 280 g/mol. The molecule has 0 spiro atoms. The lowest BCUT2D eigenvalue weighted by Crippen LogP contribution is -2.21. The Labute approximate surface area is 95.4 Å². The van der Waals surface area contributed by atoms with E-state index in [0.29, 0.717) is 10.8 Å². The van der Waals surface area contributed by atoms with Gasteiger partial charge in [-0.3, -0.25) is 0 Å². The van der Waals surface area contributed by atoms with Crippen LogP contribution in [0, 0.1) is 0 Å². The Hall–Kier alpha value is -0.290. The maximum atomic E-state index is 9.05. The van der Waals surface area contributed by atoms with Crippen LogP contribution >= 0.6 is 27.5 Å². The molecule has 0 bridgehead atoms. The fraction of sp³-hybridized carbons (Fsp3) is 0.333. The van der Waals surface area contributed by atoms with Crippen LogP contribution in [0.4, 0.5) is 0 Å². The minimum atomic E-state index is -0.884. The predicted molar refractivity (Wildman–Crippen MR) is 57.7 cm³/mol. The van der Waals surface area contributed by atoms with Gasteiger partial charge in [-0.15, -0.1) is 0 Å². The standard InChI is InChI=1S/C9H10BrClO3/c10-6-1-2-8(11)9(3-6)14-5-7(13)4-12/h1-3,7,12-13H,4-5H2. The molecule has 0 aromatic heterocycles. The Morgan fingerprint density at radius 1 is 1.50 bits per heavy atom. The summed E-state index contributed by atoms with van der Waals surface area (Å²) in [5.74, 6) is 0.480. The molecule has 1 unspecified atom stereocenters. The van der Waals surface area contributed by atoms with Crippen molar-refractivity contribution < 1.29 is 14.9 Å². The molecule has 0 saturated carbocycles. The average Bonchev–Trinajstić information content (AvgIpc) is 2.19. The summed E-state index contributed by atoms with van der Waals surface area (Å²) in [6, 6.07) is 5.18. The van der Waals surface area contributed by atoms with Crippen molar-refractivity contribution in [2.45, 2.75) is 6.10 Å². The Kier molecular flexibility index (Phi) is 4.68. The molecule has 1 aromatic rings. The molecule has 0 saturated heterocycles. The summed E-state index contributed by atoms with van der Waals surface area (Å²) in [5, 5.41) is 18.1. The van der Waals surface area contributed by atoms with Crippen LogP contribution in [0.1, 0.15) is 0 Å². The van der Waals surface area contributed by atoms with Crippen LogP contribution in [0.5, 0.6) is 5.75 Å². The van der Waals surface area contributed by atoms with Crippen LogP contribution in [0.15, 0.2) is 22.7 Å². The normalized spacial score (nSPS) is 12.6. The van der Waals surface area contributed by atoms with Gasteiger partial charge in [0.05, 0.1) is 11.6 Å². The van der Waals surface area contributed by atoms with E-state index in [-0.39, 0.29) is 13.2 Å². The quantitative estimate of drug-likeness (QED) is 0.885. The summed E-state index contributed by atoms with van der Waals surface area (Å²) in [7, 11) is 0. The number of halogens is 2.